The van der Waals surface area contributed by atoms with Crippen LogP contribution in [0.4, 0.5) is 0 Å². The van der Waals surface area contributed by atoms with Gasteiger partial charge in [0.05, 0.1) is 6.54 Å². The van der Waals surface area contributed by atoms with Crippen molar-refractivity contribution in [2.45, 2.75) is 26.3 Å². The van der Waals surface area contributed by atoms with Gasteiger partial charge in [0.1, 0.15) is 0 Å². The van der Waals surface area contributed by atoms with Gasteiger partial charge in [0.25, 0.3) is 5.91 Å². The summed E-state index contributed by atoms with van der Waals surface area (Å²) in [6, 6.07) is 7.12. The Bertz CT molecular complexity index is 445. The van der Waals surface area contributed by atoms with Crippen LogP contribution in [0.25, 0.3) is 0 Å². The molecule has 0 heterocycles. The van der Waals surface area contributed by atoms with Crippen LogP contribution in [0, 0.1) is 0 Å². The maximum absolute atomic E-state index is 11.3. The number of nitrogens with zero attached hydrogens (tertiary/aromatic N) is 1. The number of amides is 2. The SMILES string of the molecule is CCCCN(CC(N)=O)Cc1ccc(C(=O)NN)cc1. The summed E-state index contributed by atoms with van der Waals surface area (Å²) in [7, 11) is 0. The highest BCUT2D eigenvalue weighted by atomic mass is 16.2. The second kappa shape index (κ2) is 8.29. The Hall–Kier alpha value is -1.92. The molecule has 2 amide bonds. The van der Waals surface area contributed by atoms with Crippen LogP contribution in [0.2, 0.25) is 0 Å². The molecule has 6 nitrogen and oxygen atoms in total. The predicted octanol–water partition coefficient (Wildman–Crippen LogP) is 0.378. The molecule has 1 aromatic rings. The van der Waals surface area contributed by atoms with E-state index in [1.54, 1.807) is 12.1 Å². The molecule has 0 fully saturated rings. The normalized spacial score (nSPS) is 10.6. The van der Waals surface area contributed by atoms with E-state index in [0.717, 1.165) is 24.9 Å². The van der Waals surface area contributed by atoms with Crippen LogP contribution in [0.3, 0.4) is 0 Å². The summed E-state index contributed by atoms with van der Waals surface area (Å²) in [5, 5.41) is 0. The van der Waals surface area contributed by atoms with Gasteiger partial charge in [-0.25, -0.2) is 5.84 Å². The first-order valence-electron chi connectivity index (χ1n) is 6.67. The topological polar surface area (TPSA) is 101 Å². The zero-order chi connectivity index (χ0) is 15.0. The number of carbonyl (C=O) groups is 2. The summed E-state index contributed by atoms with van der Waals surface area (Å²) in [6.45, 7) is 3.80. The van der Waals surface area contributed by atoms with Crippen molar-refractivity contribution in [1.82, 2.24) is 10.3 Å². The van der Waals surface area contributed by atoms with E-state index in [9.17, 15) is 9.59 Å². The molecule has 20 heavy (non-hydrogen) atoms. The third-order valence-electron chi connectivity index (χ3n) is 2.96. The number of rotatable bonds is 8. The van der Waals surface area contributed by atoms with Gasteiger partial charge in [0.2, 0.25) is 5.91 Å². The van der Waals surface area contributed by atoms with E-state index in [1.807, 2.05) is 17.0 Å². The third-order valence-corrected chi connectivity index (χ3v) is 2.96. The first kappa shape index (κ1) is 16.1. The number of primary amides is 1. The standard InChI is InChI=1S/C14H22N4O2/c1-2-3-8-18(10-13(15)19)9-11-4-6-12(7-5-11)14(20)17-16/h4-7H,2-3,8-10,16H2,1H3,(H2,15,19)(H,17,20). The number of hydrogen-bond acceptors (Lipinski definition) is 4. The molecule has 0 atom stereocenters. The summed E-state index contributed by atoms with van der Waals surface area (Å²) >= 11 is 0. The smallest absolute Gasteiger partial charge is 0.265 e. The van der Waals surface area contributed by atoms with Crippen LogP contribution >= 0.6 is 0 Å². The minimum absolute atomic E-state index is 0.241. The number of nitrogens with two attached hydrogens (primary N) is 2. The molecule has 0 unspecified atom stereocenters. The molecular formula is C14H22N4O2. The van der Waals surface area contributed by atoms with Crippen LogP contribution in [0.15, 0.2) is 24.3 Å². The van der Waals surface area contributed by atoms with Gasteiger partial charge in [-0.1, -0.05) is 25.5 Å². The summed E-state index contributed by atoms with van der Waals surface area (Å²) in [4.78, 5) is 24.4. The second-order valence-corrected chi connectivity index (χ2v) is 4.70. The van der Waals surface area contributed by atoms with E-state index in [2.05, 4.69) is 12.3 Å². The molecule has 1 rings (SSSR count). The monoisotopic (exact) mass is 278 g/mol. The van der Waals surface area contributed by atoms with Gasteiger partial charge in [0, 0.05) is 12.1 Å². The average molecular weight is 278 g/mol. The molecule has 0 aliphatic rings. The van der Waals surface area contributed by atoms with E-state index in [1.165, 1.54) is 0 Å². The molecule has 110 valence electrons. The lowest BCUT2D eigenvalue weighted by Gasteiger charge is -2.20. The van der Waals surface area contributed by atoms with Gasteiger partial charge in [0.15, 0.2) is 0 Å². The van der Waals surface area contributed by atoms with Gasteiger partial charge in [-0.3, -0.25) is 19.9 Å². The maximum Gasteiger partial charge on any atom is 0.265 e. The lowest BCUT2D eigenvalue weighted by Crippen LogP contribution is -2.34. The fourth-order valence-electron chi connectivity index (χ4n) is 1.92. The molecule has 0 aromatic heterocycles. The van der Waals surface area contributed by atoms with Crippen molar-refractivity contribution in [2.75, 3.05) is 13.1 Å². The van der Waals surface area contributed by atoms with Crippen molar-refractivity contribution in [3.05, 3.63) is 35.4 Å². The van der Waals surface area contributed by atoms with Crippen molar-refractivity contribution in [3.8, 4) is 0 Å². The lowest BCUT2D eigenvalue weighted by molar-refractivity contribution is -0.119. The van der Waals surface area contributed by atoms with Crippen molar-refractivity contribution >= 4 is 11.8 Å². The fourth-order valence-corrected chi connectivity index (χ4v) is 1.92. The van der Waals surface area contributed by atoms with E-state index >= 15 is 0 Å². The number of benzene rings is 1. The Balaban J connectivity index is 2.67. The molecule has 5 N–H and O–H groups in total. The Labute approximate surface area is 119 Å². The number of hydrazine groups is 1. The average Bonchev–Trinajstić information content (AvgIpc) is 2.44. The molecule has 0 spiro atoms. The molecule has 0 bridgehead atoms. The molecule has 6 heteroatoms. The first-order valence-corrected chi connectivity index (χ1v) is 6.67. The number of unbranched alkanes of at least 4 members (excludes halogenated alkanes) is 1. The Morgan fingerprint density at radius 2 is 1.90 bits per heavy atom. The highest BCUT2D eigenvalue weighted by Gasteiger charge is 2.09. The minimum Gasteiger partial charge on any atom is -0.369 e. The molecule has 0 aliphatic carbocycles. The van der Waals surface area contributed by atoms with Crippen molar-refractivity contribution in [1.29, 1.82) is 0 Å². The zero-order valence-corrected chi connectivity index (χ0v) is 11.8. The molecule has 1 aromatic carbocycles. The number of carbonyl (C=O) groups excluding carboxylic acids is 2. The van der Waals surface area contributed by atoms with Crippen LogP contribution in [0.5, 0.6) is 0 Å². The first-order chi connectivity index (χ1) is 9.56. The Morgan fingerprint density at radius 1 is 1.25 bits per heavy atom. The summed E-state index contributed by atoms with van der Waals surface area (Å²) in [6.07, 6.45) is 2.08. The van der Waals surface area contributed by atoms with Crippen LogP contribution in [-0.2, 0) is 11.3 Å². The largest absolute Gasteiger partial charge is 0.369 e. The van der Waals surface area contributed by atoms with E-state index in [0.29, 0.717) is 12.1 Å². The van der Waals surface area contributed by atoms with Gasteiger partial charge >= 0.3 is 0 Å². The summed E-state index contributed by atoms with van der Waals surface area (Å²) in [5.41, 5.74) is 8.87. The highest BCUT2D eigenvalue weighted by molar-refractivity contribution is 5.93. The fraction of sp³-hybridized carbons (Fsp3) is 0.429. The van der Waals surface area contributed by atoms with Gasteiger partial charge < -0.3 is 5.73 Å². The van der Waals surface area contributed by atoms with Crippen LogP contribution in [-0.4, -0.2) is 29.8 Å². The van der Waals surface area contributed by atoms with Gasteiger partial charge in [-0.15, -0.1) is 0 Å². The number of nitrogens with one attached hydrogen (secondary N) is 1. The quantitative estimate of drug-likeness (QED) is 0.363. The van der Waals surface area contributed by atoms with Crippen LogP contribution < -0.4 is 17.0 Å². The van der Waals surface area contributed by atoms with Gasteiger partial charge in [-0.05, 0) is 30.7 Å². The van der Waals surface area contributed by atoms with Crippen molar-refractivity contribution in [3.63, 3.8) is 0 Å². The minimum atomic E-state index is -0.333. The number of nitrogen functional groups attached to an aromatic ring is 1. The number of hydrogen-bond donors (Lipinski definition) is 3. The maximum atomic E-state index is 11.3. The second-order valence-electron chi connectivity index (χ2n) is 4.70. The third kappa shape index (κ3) is 5.38. The summed E-state index contributed by atoms with van der Waals surface area (Å²) < 4.78 is 0. The summed E-state index contributed by atoms with van der Waals surface area (Å²) in [5.74, 6) is 4.42. The van der Waals surface area contributed by atoms with Crippen molar-refractivity contribution < 1.29 is 9.59 Å². The van der Waals surface area contributed by atoms with Gasteiger partial charge in [-0.2, -0.15) is 0 Å². The predicted molar refractivity (Wildman–Crippen MR) is 77.5 cm³/mol. The van der Waals surface area contributed by atoms with Crippen LogP contribution in [0.1, 0.15) is 35.7 Å². The van der Waals surface area contributed by atoms with E-state index in [4.69, 9.17) is 11.6 Å². The Kier molecular flexibility index (Phi) is 6.69. The molecule has 0 radical (unpaired) electrons. The lowest BCUT2D eigenvalue weighted by atomic mass is 10.1. The molecule has 0 saturated carbocycles. The highest BCUT2D eigenvalue weighted by Crippen LogP contribution is 2.08. The zero-order valence-electron chi connectivity index (χ0n) is 11.8. The van der Waals surface area contributed by atoms with E-state index < -0.39 is 0 Å². The molecule has 0 aliphatic heterocycles. The molecular weight excluding hydrogens is 256 g/mol. The van der Waals surface area contributed by atoms with E-state index in [-0.39, 0.29) is 18.4 Å². The Morgan fingerprint density at radius 3 is 2.40 bits per heavy atom. The van der Waals surface area contributed by atoms with Crippen molar-refractivity contribution in [2.24, 2.45) is 11.6 Å². The molecule has 0 saturated heterocycles.